The van der Waals surface area contributed by atoms with Crippen molar-refractivity contribution in [3.05, 3.63) is 20.8 Å². The fourth-order valence-corrected chi connectivity index (χ4v) is 2.76. The Hall–Kier alpha value is -0.470. The number of hydrogen-bond acceptors (Lipinski definition) is 5. The van der Waals surface area contributed by atoms with Gasteiger partial charge in [0.15, 0.2) is 5.82 Å². The number of nitrogens with two attached hydrogens (primary N) is 1. The Morgan fingerprint density at radius 1 is 1.57 bits per heavy atom. The topological polar surface area (TPSA) is 64.9 Å². The van der Waals surface area contributed by atoms with E-state index in [9.17, 15) is 0 Å². The molecule has 0 amide bonds. The van der Waals surface area contributed by atoms with Gasteiger partial charge in [-0.25, -0.2) is 0 Å². The fourth-order valence-electron chi connectivity index (χ4n) is 1.02. The van der Waals surface area contributed by atoms with Crippen LogP contribution in [0.25, 0.3) is 10.8 Å². The van der Waals surface area contributed by atoms with Crippen LogP contribution in [0.1, 0.15) is 5.82 Å². The molecule has 14 heavy (non-hydrogen) atoms. The van der Waals surface area contributed by atoms with Crippen LogP contribution in [0, 0.1) is 3.57 Å². The Balaban J connectivity index is 2.29. The summed E-state index contributed by atoms with van der Waals surface area (Å²) in [6.45, 7) is 0.542. The highest BCUT2D eigenvalue weighted by Gasteiger charge is 2.12. The first-order valence-electron chi connectivity index (χ1n) is 4.07. The van der Waals surface area contributed by atoms with Crippen LogP contribution in [0.4, 0.5) is 0 Å². The molecule has 0 saturated heterocycles. The van der Waals surface area contributed by atoms with Gasteiger partial charge < -0.3 is 10.3 Å². The number of rotatable bonds is 3. The zero-order valence-corrected chi connectivity index (χ0v) is 10.2. The fraction of sp³-hybridized carbons (Fsp3) is 0.250. The van der Waals surface area contributed by atoms with Gasteiger partial charge in [-0.2, -0.15) is 4.98 Å². The Kier molecular flexibility index (Phi) is 3.14. The second-order valence-corrected chi connectivity index (χ2v) is 4.73. The molecule has 2 aromatic rings. The summed E-state index contributed by atoms with van der Waals surface area (Å²) in [5, 5.41) is 5.84. The number of hydrogen-bond donors (Lipinski definition) is 1. The van der Waals surface area contributed by atoms with E-state index in [0.29, 0.717) is 24.7 Å². The molecule has 0 radical (unpaired) electrons. The van der Waals surface area contributed by atoms with Gasteiger partial charge in [0, 0.05) is 9.99 Å². The molecule has 0 bridgehead atoms. The van der Waals surface area contributed by atoms with Crippen LogP contribution in [0.2, 0.25) is 0 Å². The molecular weight excluding hydrogens is 313 g/mol. The number of nitrogens with zero attached hydrogens (tertiary/aromatic N) is 2. The van der Waals surface area contributed by atoms with E-state index in [2.05, 4.69) is 32.7 Å². The normalized spacial score (nSPS) is 10.7. The third-order valence-corrected chi connectivity index (χ3v) is 3.81. The number of aromatic nitrogens is 2. The molecule has 0 aromatic carbocycles. The second kappa shape index (κ2) is 4.37. The van der Waals surface area contributed by atoms with Crippen molar-refractivity contribution in [2.45, 2.75) is 6.42 Å². The average Bonchev–Trinajstić information content (AvgIpc) is 2.74. The van der Waals surface area contributed by atoms with E-state index < -0.39 is 0 Å². The summed E-state index contributed by atoms with van der Waals surface area (Å²) in [6.07, 6.45) is 0.658. The van der Waals surface area contributed by atoms with Crippen LogP contribution in [0.3, 0.4) is 0 Å². The van der Waals surface area contributed by atoms with E-state index in [-0.39, 0.29) is 0 Å². The zero-order valence-electron chi connectivity index (χ0n) is 7.24. The molecule has 6 heteroatoms. The maximum atomic E-state index is 5.40. The standard InChI is InChI=1S/C8H8IN3OS/c9-5-2-4-14-7(5)8-11-6(1-3-10)12-13-8/h2,4H,1,3,10H2. The third kappa shape index (κ3) is 1.96. The van der Waals surface area contributed by atoms with E-state index >= 15 is 0 Å². The third-order valence-electron chi connectivity index (χ3n) is 1.65. The molecule has 74 valence electrons. The lowest BCUT2D eigenvalue weighted by atomic mass is 10.4. The Morgan fingerprint density at radius 2 is 2.43 bits per heavy atom. The first-order valence-corrected chi connectivity index (χ1v) is 6.03. The van der Waals surface area contributed by atoms with Crippen molar-refractivity contribution in [1.82, 2.24) is 10.1 Å². The second-order valence-electron chi connectivity index (χ2n) is 2.65. The van der Waals surface area contributed by atoms with E-state index in [4.69, 9.17) is 10.3 Å². The number of halogens is 1. The molecular formula is C8H8IN3OS. The van der Waals surface area contributed by atoms with Crippen molar-refractivity contribution < 1.29 is 4.52 Å². The summed E-state index contributed by atoms with van der Waals surface area (Å²) in [6, 6.07) is 2.02. The molecule has 0 aliphatic carbocycles. The van der Waals surface area contributed by atoms with E-state index in [1.54, 1.807) is 11.3 Å². The molecule has 0 aliphatic rings. The first-order chi connectivity index (χ1) is 6.81. The molecule has 2 N–H and O–H groups in total. The molecule has 0 saturated carbocycles. The van der Waals surface area contributed by atoms with Gasteiger partial charge in [-0.3, -0.25) is 0 Å². The van der Waals surface area contributed by atoms with Gasteiger partial charge in [-0.1, -0.05) is 5.16 Å². The minimum atomic E-state index is 0.542. The van der Waals surface area contributed by atoms with Gasteiger partial charge in [-0.15, -0.1) is 11.3 Å². The summed E-state index contributed by atoms with van der Waals surface area (Å²) < 4.78 is 6.27. The maximum absolute atomic E-state index is 5.40. The summed E-state index contributed by atoms with van der Waals surface area (Å²) in [7, 11) is 0. The van der Waals surface area contributed by atoms with E-state index in [1.165, 1.54) is 0 Å². The molecule has 0 atom stereocenters. The van der Waals surface area contributed by atoms with Crippen LogP contribution in [-0.2, 0) is 6.42 Å². The molecule has 0 fully saturated rings. The first kappa shape index (κ1) is 10.1. The van der Waals surface area contributed by atoms with Crippen molar-refractivity contribution >= 4 is 33.9 Å². The number of thiophene rings is 1. The van der Waals surface area contributed by atoms with Crippen LogP contribution in [0.15, 0.2) is 16.0 Å². The minimum Gasteiger partial charge on any atom is -0.333 e. The highest BCUT2D eigenvalue weighted by Crippen LogP contribution is 2.29. The van der Waals surface area contributed by atoms with Crippen LogP contribution in [-0.4, -0.2) is 16.7 Å². The summed E-state index contributed by atoms with van der Waals surface area (Å²) in [5.41, 5.74) is 5.40. The monoisotopic (exact) mass is 321 g/mol. The predicted octanol–water partition coefficient (Wildman–Crippen LogP) is 1.90. The quantitative estimate of drug-likeness (QED) is 0.877. The van der Waals surface area contributed by atoms with Gasteiger partial charge in [-0.05, 0) is 40.6 Å². The summed E-state index contributed by atoms with van der Waals surface area (Å²) >= 11 is 3.85. The van der Waals surface area contributed by atoms with Crippen LogP contribution < -0.4 is 5.73 Å². The molecule has 2 aromatic heterocycles. The lowest BCUT2D eigenvalue weighted by Crippen LogP contribution is -2.03. The molecule has 0 unspecified atom stereocenters. The summed E-state index contributed by atoms with van der Waals surface area (Å²) in [4.78, 5) is 5.28. The van der Waals surface area contributed by atoms with Gasteiger partial charge >= 0.3 is 0 Å². The van der Waals surface area contributed by atoms with Crippen LogP contribution in [0.5, 0.6) is 0 Å². The van der Waals surface area contributed by atoms with Crippen molar-refractivity contribution in [3.8, 4) is 10.8 Å². The Morgan fingerprint density at radius 3 is 3.07 bits per heavy atom. The molecule has 2 heterocycles. The van der Waals surface area contributed by atoms with Crippen molar-refractivity contribution in [2.75, 3.05) is 6.54 Å². The predicted molar refractivity (Wildman–Crippen MR) is 63.1 cm³/mol. The average molecular weight is 321 g/mol. The molecule has 0 aliphatic heterocycles. The van der Waals surface area contributed by atoms with Gasteiger partial charge in [0.1, 0.15) is 4.88 Å². The zero-order chi connectivity index (χ0) is 9.97. The Labute approximate surface area is 98.6 Å². The van der Waals surface area contributed by atoms with E-state index in [1.807, 2.05) is 11.4 Å². The maximum Gasteiger partial charge on any atom is 0.269 e. The minimum absolute atomic E-state index is 0.542. The van der Waals surface area contributed by atoms with Gasteiger partial charge in [0.2, 0.25) is 0 Å². The lowest BCUT2D eigenvalue weighted by molar-refractivity contribution is 0.423. The van der Waals surface area contributed by atoms with Gasteiger partial charge in [0.25, 0.3) is 5.89 Å². The lowest BCUT2D eigenvalue weighted by Gasteiger charge is -1.87. The smallest absolute Gasteiger partial charge is 0.269 e. The highest BCUT2D eigenvalue weighted by molar-refractivity contribution is 14.1. The van der Waals surface area contributed by atoms with Gasteiger partial charge in [0.05, 0.1) is 0 Å². The summed E-state index contributed by atoms with van der Waals surface area (Å²) in [5.74, 6) is 1.26. The van der Waals surface area contributed by atoms with Crippen molar-refractivity contribution in [2.24, 2.45) is 5.73 Å². The van der Waals surface area contributed by atoms with Crippen molar-refractivity contribution in [1.29, 1.82) is 0 Å². The molecule has 4 nitrogen and oxygen atoms in total. The SMILES string of the molecule is NCCc1noc(-c2sccc2I)n1. The molecule has 2 rings (SSSR count). The highest BCUT2D eigenvalue weighted by atomic mass is 127. The molecule has 0 spiro atoms. The largest absolute Gasteiger partial charge is 0.333 e. The Bertz CT molecular complexity index is 426. The van der Waals surface area contributed by atoms with Crippen molar-refractivity contribution in [3.63, 3.8) is 0 Å². The van der Waals surface area contributed by atoms with Crippen LogP contribution >= 0.6 is 33.9 Å². The van der Waals surface area contributed by atoms with E-state index in [0.717, 1.165) is 8.45 Å².